The normalized spacial score (nSPS) is 11.6. The van der Waals surface area contributed by atoms with E-state index in [1.165, 1.54) is 0 Å². The van der Waals surface area contributed by atoms with Crippen molar-refractivity contribution in [2.75, 3.05) is 26.3 Å². The number of amides is 1. The molecule has 0 aliphatic heterocycles. The molecule has 0 saturated heterocycles. The molecular weight excluding hydrogens is 252 g/mol. The fourth-order valence-electron chi connectivity index (χ4n) is 2.52. The number of carbonyl (C=O) groups excluding carboxylic acids is 1. The number of carbonyl (C=O) groups is 1. The van der Waals surface area contributed by atoms with Gasteiger partial charge >= 0.3 is 0 Å². The molecule has 0 fully saturated rings. The smallest absolute Gasteiger partial charge is 0.227 e. The molecule has 0 aromatic rings. The van der Waals surface area contributed by atoms with Crippen LogP contribution >= 0.6 is 0 Å². The summed E-state index contributed by atoms with van der Waals surface area (Å²) in [6, 6.07) is 0. The number of unbranched alkanes of at least 4 members (excludes halogenated alkanes) is 1. The molecule has 120 valence electrons. The van der Waals surface area contributed by atoms with E-state index in [0.717, 1.165) is 58.2 Å². The Morgan fingerprint density at radius 3 is 2.15 bits per heavy atom. The third-order valence-corrected chi connectivity index (χ3v) is 3.72. The van der Waals surface area contributed by atoms with Gasteiger partial charge in [-0.15, -0.1) is 0 Å². The third-order valence-electron chi connectivity index (χ3n) is 3.72. The first-order chi connectivity index (χ1) is 9.66. The summed E-state index contributed by atoms with van der Waals surface area (Å²) in [5.74, 6) is 0.122. The molecule has 0 aliphatic rings. The molecule has 0 spiro atoms. The van der Waals surface area contributed by atoms with E-state index >= 15 is 0 Å². The maximum absolute atomic E-state index is 12.4. The van der Waals surface area contributed by atoms with Gasteiger partial charge in [-0.3, -0.25) is 4.79 Å². The predicted molar refractivity (Wildman–Crippen MR) is 84.7 cm³/mol. The Balaban J connectivity index is 4.01. The molecule has 1 amide bonds. The van der Waals surface area contributed by atoms with Crippen LogP contribution in [0.15, 0.2) is 0 Å². The molecule has 20 heavy (non-hydrogen) atoms. The van der Waals surface area contributed by atoms with Gasteiger partial charge in [-0.05, 0) is 25.7 Å². The lowest BCUT2D eigenvalue weighted by Crippen LogP contribution is -2.46. The van der Waals surface area contributed by atoms with Crippen molar-refractivity contribution in [3.8, 4) is 0 Å². The van der Waals surface area contributed by atoms with Crippen LogP contribution in [0, 0.1) is 5.41 Å². The maximum Gasteiger partial charge on any atom is 0.227 e. The van der Waals surface area contributed by atoms with E-state index in [-0.39, 0.29) is 11.3 Å². The molecule has 0 unspecified atom stereocenters. The molecule has 0 bridgehead atoms. The first-order valence-electron chi connectivity index (χ1n) is 8.23. The molecular formula is C16H34N2O2. The molecule has 0 atom stereocenters. The van der Waals surface area contributed by atoms with Crippen LogP contribution in [0.1, 0.15) is 65.7 Å². The molecule has 0 aromatic heterocycles. The van der Waals surface area contributed by atoms with E-state index in [2.05, 4.69) is 26.1 Å². The van der Waals surface area contributed by atoms with Crippen LogP contribution in [0.5, 0.6) is 0 Å². The van der Waals surface area contributed by atoms with Gasteiger partial charge < -0.3 is 15.8 Å². The number of nitrogens with one attached hydrogen (secondary N) is 1. The predicted octanol–water partition coefficient (Wildman–Crippen LogP) is 2.85. The minimum Gasteiger partial charge on any atom is -0.381 e. The van der Waals surface area contributed by atoms with E-state index in [1.54, 1.807) is 0 Å². The van der Waals surface area contributed by atoms with Gasteiger partial charge in [0.25, 0.3) is 0 Å². The van der Waals surface area contributed by atoms with Gasteiger partial charge in [0, 0.05) is 26.3 Å². The largest absolute Gasteiger partial charge is 0.381 e. The number of nitrogens with two attached hydrogens (primary N) is 1. The quantitative estimate of drug-likeness (QED) is 0.512. The summed E-state index contributed by atoms with van der Waals surface area (Å²) in [7, 11) is 0. The monoisotopic (exact) mass is 286 g/mol. The van der Waals surface area contributed by atoms with Gasteiger partial charge in [0.05, 0.1) is 5.41 Å². The highest BCUT2D eigenvalue weighted by Gasteiger charge is 2.34. The first kappa shape index (κ1) is 19.4. The molecule has 0 aromatic carbocycles. The van der Waals surface area contributed by atoms with Crippen LogP contribution in [0.25, 0.3) is 0 Å². The van der Waals surface area contributed by atoms with E-state index in [1.807, 2.05) is 0 Å². The van der Waals surface area contributed by atoms with Gasteiger partial charge in [-0.25, -0.2) is 0 Å². The average molecular weight is 286 g/mol. The van der Waals surface area contributed by atoms with Crippen molar-refractivity contribution in [1.29, 1.82) is 0 Å². The van der Waals surface area contributed by atoms with Gasteiger partial charge in [0.15, 0.2) is 0 Å². The van der Waals surface area contributed by atoms with Crippen LogP contribution in [-0.2, 0) is 9.53 Å². The lowest BCUT2D eigenvalue weighted by atomic mass is 9.78. The number of hydrogen-bond acceptors (Lipinski definition) is 3. The molecule has 3 N–H and O–H groups in total. The number of rotatable bonds is 13. The second-order valence-corrected chi connectivity index (χ2v) is 5.56. The van der Waals surface area contributed by atoms with Crippen LogP contribution in [0.2, 0.25) is 0 Å². The summed E-state index contributed by atoms with van der Waals surface area (Å²) in [5.41, 5.74) is 5.51. The van der Waals surface area contributed by atoms with E-state index < -0.39 is 0 Å². The van der Waals surface area contributed by atoms with Crippen molar-refractivity contribution in [2.45, 2.75) is 65.7 Å². The van der Waals surface area contributed by atoms with Crippen LogP contribution in [-0.4, -0.2) is 32.2 Å². The zero-order valence-corrected chi connectivity index (χ0v) is 13.7. The SMILES string of the molecule is CCCCOCCCNC(=O)C(CN)(CCC)CCC. The number of hydrogen-bond donors (Lipinski definition) is 2. The Morgan fingerprint density at radius 1 is 1.05 bits per heavy atom. The van der Waals surface area contributed by atoms with E-state index in [0.29, 0.717) is 13.1 Å². The zero-order chi connectivity index (χ0) is 15.3. The molecule has 4 heteroatoms. The fourth-order valence-corrected chi connectivity index (χ4v) is 2.52. The van der Waals surface area contributed by atoms with Crippen molar-refractivity contribution in [1.82, 2.24) is 5.32 Å². The standard InChI is InChI=1S/C16H34N2O2/c1-4-7-12-20-13-8-11-18-15(19)16(14-17,9-5-2)10-6-3/h4-14,17H2,1-3H3,(H,18,19). The van der Waals surface area contributed by atoms with Crippen LogP contribution in [0.4, 0.5) is 0 Å². The van der Waals surface area contributed by atoms with Crippen LogP contribution in [0.3, 0.4) is 0 Å². The average Bonchev–Trinajstić information content (AvgIpc) is 2.45. The van der Waals surface area contributed by atoms with Gasteiger partial charge in [-0.1, -0.05) is 40.0 Å². The Hall–Kier alpha value is -0.610. The summed E-state index contributed by atoms with van der Waals surface area (Å²) in [4.78, 5) is 12.4. The highest BCUT2D eigenvalue weighted by atomic mass is 16.5. The zero-order valence-electron chi connectivity index (χ0n) is 13.7. The second kappa shape index (κ2) is 12.2. The van der Waals surface area contributed by atoms with Gasteiger partial charge in [0.2, 0.25) is 5.91 Å². The fraction of sp³-hybridized carbons (Fsp3) is 0.938. The Labute approximate surface area is 124 Å². The van der Waals surface area contributed by atoms with Crippen molar-refractivity contribution < 1.29 is 9.53 Å². The molecule has 0 aliphatic carbocycles. The Morgan fingerprint density at radius 2 is 1.65 bits per heavy atom. The maximum atomic E-state index is 12.4. The van der Waals surface area contributed by atoms with Crippen LogP contribution < -0.4 is 11.1 Å². The number of ether oxygens (including phenoxy) is 1. The molecule has 0 saturated carbocycles. The molecule has 0 radical (unpaired) electrons. The highest BCUT2D eigenvalue weighted by molar-refractivity contribution is 5.82. The van der Waals surface area contributed by atoms with E-state index in [9.17, 15) is 4.79 Å². The van der Waals surface area contributed by atoms with Gasteiger partial charge in [0.1, 0.15) is 0 Å². The summed E-state index contributed by atoms with van der Waals surface area (Å²) in [6.07, 6.45) is 6.86. The Kier molecular flexibility index (Phi) is 11.8. The summed E-state index contributed by atoms with van der Waals surface area (Å²) >= 11 is 0. The molecule has 4 nitrogen and oxygen atoms in total. The minimum absolute atomic E-state index is 0.122. The first-order valence-corrected chi connectivity index (χ1v) is 8.23. The lowest BCUT2D eigenvalue weighted by molar-refractivity contribution is -0.131. The van der Waals surface area contributed by atoms with Crippen molar-refractivity contribution in [3.05, 3.63) is 0 Å². The Bertz CT molecular complexity index is 239. The van der Waals surface area contributed by atoms with Crippen molar-refractivity contribution >= 4 is 5.91 Å². The van der Waals surface area contributed by atoms with Gasteiger partial charge in [-0.2, -0.15) is 0 Å². The highest BCUT2D eigenvalue weighted by Crippen LogP contribution is 2.28. The van der Waals surface area contributed by atoms with Crippen molar-refractivity contribution in [3.63, 3.8) is 0 Å². The van der Waals surface area contributed by atoms with Crippen molar-refractivity contribution in [2.24, 2.45) is 11.1 Å². The van der Waals surface area contributed by atoms with E-state index in [4.69, 9.17) is 10.5 Å². The topological polar surface area (TPSA) is 64.3 Å². The molecule has 0 rings (SSSR count). The minimum atomic E-state index is -0.368. The molecule has 0 heterocycles. The third kappa shape index (κ3) is 7.25. The summed E-state index contributed by atoms with van der Waals surface area (Å²) < 4.78 is 5.49. The summed E-state index contributed by atoms with van der Waals surface area (Å²) in [5, 5.41) is 3.04. The lowest BCUT2D eigenvalue weighted by Gasteiger charge is -2.30. The summed E-state index contributed by atoms with van der Waals surface area (Å²) in [6.45, 7) is 9.02. The second-order valence-electron chi connectivity index (χ2n) is 5.56.